The van der Waals surface area contributed by atoms with Crippen molar-refractivity contribution in [3.8, 4) is 11.5 Å². The van der Waals surface area contributed by atoms with Crippen molar-refractivity contribution in [3.63, 3.8) is 0 Å². The highest BCUT2D eigenvalue weighted by atomic mass is 32.2. The van der Waals surface area contributed by atoms with Crippen molar-refractivity contribution in [3.05, 3.63) is 53.8 Å². The van der Waals surface area contributed by atoms with Crippen LogP contribution in [-0.4, -0.2) is 41.8 Å². The van der Waals surface area contributed by atoms with Crippen LogP contribution in [0.15, 0.2) is 51.8 Å². The average molecular weight is 420 g/mol. The van der Waals surface area contributed by atoms with Gasteiger partial charge in [-0.2, -0.15) is 8.42 Å². The van der Waals surface area contributed by atoms with Crippen LogP contribution in [0.5, 0.6) is 11.5 Å². The van der Waals surface area contributed by atoms with E-state index in [1.807, 2.05) is 0 Å². The molecule has 154 valence electrons. The number of ether oxygens (including phenoxy) is 3. The number of fused-ring (bicyclic) bond motifs is 1. The van der Waals surface area contributed by atoms with Crippen LogP contribution in [0.3, 0.4) is 0 Å². The Hall–Kier alpha value is -3.04. The fraction of sp³-hybridized carbons (Fsp3) is 0.250. The highest BCUT2D eigenvalue weighted by Crippen LogP contribution is 2.31. The normalized spacial score (nSPS) is 11.4. The van der Waals surface area contributed by atoms with Crippen LogP contribution in [0.4, 0.5) is 0 Å². The predicted octanol–water partition coefficient (Wildman–Crippen LogP) is 3.32. The molecule has 2 aromatic carbocycles. The smallest absolute Gasteiger partial charge is 0.342 e. The standard InChI is InChI=1S/C20H20O8S/c1-13-19(20(21)26-11-10-24-2)17-12-15(6-9-18(17)27-13)28-29(22,23)16-7-4-14(25-3)5-8-16/h4-9,12H,10-11H2,1-3H3. The number of rotatable bonds is 8. The molecule has 0 fully saturated rings. The van der Waals surface area contributed by atoms with Gasteiger partial charge in [0.25, 0.3) is 0 Å². The summed E-state index contributed by atoms with van der Waals surface area (Å²) >= 11 is 0. The molecule has 0 N–H and O–H groups in total. The monoisotopic (exact) mass is 420 g/mol. The lowest BCUT2D eigenvalue weighted by Crippen LogP contribution is -2.11. The van der Waals surface area contributed by atoms with E-state index in [9.17, 15) is 13.2 Å². The summed E-state index contributed by atoms with van der Waals surface area (Å²) in [6, 6.07) is 10.2. The molecule has 0 aliphatic heterocycles. The summed E-state index contributed by atoms with van der Waals surface area (Å²) in [6.45, 7) is 1.97. The van der Waals surface area contributed by atoms with Gasteiger partial charge in [0.05, 0.1) is 13.7 Å². The molecule has 0 spiro atoms. The van der Waals surface area contributed by atoms with Crippen molar-refractivity contribution in [2.45, 2.75) is 11.8 Å². The Morgan fingerprint density at radius 1 is 1.00 bits per heavy atom. The second kappa shape index (κ2) is 8.54. The number of methoxy groups -OCH3 is 2. The first-order valence-corrected chi connectivity index (χ1v) is 10.0. The molecule has 29 heavy (non-hydrogen) atoms. The van der Waals surface area contributed by atoms with E-state index in [2.05, 4.69) is 0 Å². The number of hydrogen-bond acceptors (Lipinski definition) is 8. The number of aryl methyl sites for hydroxylation is 1. The summed E-state index contributed by atoms with van der Waals surface area (Å²) in [7, 11) is -1.08. The zero-order chi connectivity index (χ0) is 21.0. The number of furan rings is 1. The Morgan fingerprint density at radius 2 is 1.69 bits per heavy atom. The summed E-state index contributed by atoms with van der Waals surface area (Å²) in [5, 5.41) is 0.396. The number of hydrogen-bond donors (Lipinski definition) is 0. The number of carbonyl (C=O) groups is 1. The van der Waals surface area contributed by atoms with E-state index in [1.165, 1.54) is 56.7 Å². The highest BCUT2D eigenvalue weighted by molar-refractivity contribution is 7.87. The van der Waals surface area contributed by atoms with Crippen LogP contribution in [0, 0.1) is 6.92 Å². The van der Waals surface area contributed by atoms with Gasteiger partial charge in [0.2, 0.25) is 0 Å². The molecule has 0 atom stereocenters. The van der Waals surface area contributed by atoms with Crippen molar-refractivity contribution in [1.82, 2.24) is 0 Å². The Labute approximate surface area is 168 Å². The van der Waals surface area contributed by atoms with Crippen molar-refractivity contribution < 1.29 is 36.0 Å². The van der Waals surface area contributed by atoms with Gasteiger partial charge in [-0.1, -0.05) is 0 Å². The van der Waals surface area contributed by atoms with E-state index < -0.39 is 16.1 Å². The molecule has 0 radical (unpaired) electrons. The molecule has 9 heteroatoms. The highest BCUT2D eigenvalue weighted by Gasteiger charge is 2.22. The number of benzene rings is 2. The van der Waals surface area contributed by atoms with Crippen LogP contribution in [0.2, 0.25) is 0 Å². The van der Waals surface area contributed by atoms with Gasteiger partial charge in [0.1, 0.15) is 39.9 Å². The first-order valence-electron chi connectivity index (χ1n) is 8.63. The van der Waals surface area contributed by atoms with Gasteiger partial charge in [0.15, 0.2) is 0 Å². The van der Waals surface area contributed by atoms with Gasteiger partial charge >= 0.3 is 16.1 Å². The van der Waals surface area contributed by atoms with Crippen LogP contribution in [0.25, 0.3) is 11.0 Å². The third-order valence-electron chi connectivity index (χ3n) is 4.11. The lowest BCUT2D eigenvalue weighted by molar-refractivity contribution is 0.0388. The van der Waals surface area contributed by atoms with Crippen LogP contribution >= 0.6 is 0 Å². The largest absolute Gasteiger partial charge is 0.497 e. The van der Waals surface area contributed by atoms with E-state index in [0.29, 0.717) is 22.5 Å². The summed E-state index contributed by atoms with van der Waals surface area (Å²) in [5.41, 5.74) is 0.624. The molecular weight excluding hydrogens is 400 g/mol. The van der Waals surface area contributed by atoms with E-state index >= 15 is 0 Å². The van der Waals surface area contributed by atoms with Crippen molar-refractivity contribution in [2.75, 3.05) is 27.4 Å². The maximum Gasteiger partial charge on any atom is 0.342 e. The molecule has 1 aromatic heterocycles. The zero-order valence-corrected chi connectivity index (χ0v) is 16.9. The van der Waals surface area contributed by atoms with Gasteiger partial charge in [-0.3, -0.25) is 0 Å². The topological polar surface area (TPSA) is 101 Å². The van der Waals surface area contributed by atoms with Gasteiger partial charge in [0, 0.05) is 12.5 Å². The van der Waals surface area contributed by atoms with Crippen LogP contribution < -0.4 is 8.92 Å². The average Bonchev–Trinajstić information content (AvgIpc) is 3.03. The van der Waals surface area contributed by atoms with E-state index in [-0.39, 0.29) is 29.4 Å². The van der Waals surface area contributed by atoms with E-state index in [4.69, 9.17) is 22.8 Å². The molecular formula is C20H20O8S. The number of esters is 1. The summed E-state index contributed by atoms with van der Waals surface area (Å²) in [5.74, 6) is 0.335. The molecule has 0 unspecified atom stereocenters. The Balaban J connectivity index is 1.90. The molecule has 0 saturated carbocycles. The second-order valence-electron chi connectivity index (χ2n) is 6.03. The predicted molar refractivity (Wildman–Crippen MR) is 104 cm³/mol. The Morgan fingerprint density at radius 3 is 2.34 bits per heavy atom. The molecule has 0 saturated heterocycles. The van der Waals surface area contributed by atoms with Gasteiger partial charge in [-0.25, -0.2) is 4.79 Å². The maximum atomic E-state index is 12.5. The molecule has 8 nitrogen and oxygen atoms in total. The van der Waals surface area contributed by atoms with Crippen molar-refractivity contribution in [2.24, 2.45) is 0 Å². The van der Waals surface area contributed by atoms with Crippen molar-refractivity contribution >= 4 is 27.1 Å². The molecule has 1 heterocycles. The second-order valence-corrected chi connectivity index (χ2v) is 7.58. The van der Waals surface area contributed by atoms with E-state index in [1.54, 1.807) is 6.92 Å². The van der Waals surface area contributed by atoms with Crippen molar-refractivity contribution in [1.29, 1.82) is 0 Å². The Bertz CT molecular complexity index is 1110. The van der Waals surface area contributed by atoms with Gasteiger partial charge < -0.3 is 22.8 Å². The quantitative estimate of drug-likeness (QED) is 0.311. The van der Waals surface area contributed by atoms with Crippen LogP contribution in [0.1, 0.15) is 16.1 Å². The summed E-state index contributed by atoms with van der Waals surface area (Å²) in [4.78, 5) is 12.4. The minimum Gasteiger partial charge on any atom is -0.497 e. The first kappa shape index (κ1) is 20.7. The Kier molecular flexibility index (Phi) is 6.09. The maximum absolute atomic E-state index is 12.5. The lowest BCUT2D eigenvalue weighted by Gasteiger charge is -2.08. The van der Waals surface area contributed by atoms with E-state index in [0.717, 1.165) is 0 Å². The molecule has 3 aromatic rings. The molecule has 3 rings (SSSR count). The first-order chi connectivity index (χ1) is 13.9. The fourth-order valence-corrected chi connectivity index (χ4v) is 3.63. The lowest BCUT2D eigenvalue weighted by atomic mass is 10.1. The zero-order valence-electron chi connectivity index (χ0n) is 16.1. The number of carbonyl (C=O) groups excluding carboxylic acids is 1. The third kappa shape index (κ3) is 4.52. The fourth-order valence-electron chi connectivity index (χ4n) is 2.71. The molecule has 0 amide bonds. The minimum atomic E-state index is -4.07. The van der Waals surface area contributed by atoms with Gasteiger partial charge in [-0.05, 0) is 49.4 Å². The molecule has 0 bridgehead atoms. The summed E-state index contributed by atoms with van der Waals surface area (Å²) < 4.78 is 50.9. The third-order valence-corrected chi connectivity index (χ3v) is 5.38. The summed E-state index contributed by atoms with van der Waals surface area (Å²) in [6.07, 6.45) is 0. The minimum absolute atomic E-state index is 0.0269. The SMILES string of the molecule is COCCOC(=O)c1c(C)oc2ccc(OS(=O)(=O)c3ccc(OC)cc3)cc12. The van der Waals surface area contributed by atoms with Crippen LogP contribution in [-0.2, 0) is 19.6 Å². The molecule has 0 aliphatic rings. The molecule has 0 aliphatic carbocycles. The van der Waals surface area contributed by atoms with Gasteiger partial charge in [-0.15, -0.1) is 0 Å².